The Balaban J connectivity index is 1.73. The number of aliphatic hydroxyl groups excluding tert-OH is 2. The summed E-state index contributed by atoms with van der Waals surface area (Å²) >= 11 is 0. The Morgan fingerprint density at radius 1 is 1.07 bits per heavy atom. The van der Waals surface area contributed by atoms with Gasteiger partial charge in [0.15, 0.2) is 0 Å². The third-order valence-electron chi connectivity index (χ3n) is 10.7. The second kappa shape index (κ2) is 19.7. The molecule has 1 heterocycles. The van der Waals surface area contributed by atoms with Crippen LogP contribution < -0.4 is 19.5 Å². The van der Waals surface area contributed by atoms with Crippen molar-refractivity contribution < 1.29 is 48.5 Å². The van der Waals surface area contributed by atoms with E-state index in [1.54, 1.807) is 30.0 Å². The van der Waals surface area contributed by atoms with E-state index < -0.39 is 34.9 Å². The van der Waals surface area contributed by atoms with Gasteiger partial charge in [-0.3, -0.25) is 15.0 Å². The van der Waals surface area contributed by atoms with Crippen LogP contribution in [0.4, 0.5) is 15.3 Å². The minimum Gasteiger partial charge on any atom is -0.459 e. The number of amides is 2. The van der Waals surface area contributed by atoms with E-state index in [1.165, 1.54) is 31.4 Å². The lowest BCUT2D eigenvalue weighted by molar-refractivity contribution is -0.384. The van der Waals surface area contributed by atoms with Gasteiger partial charge in [0.1, 0.15) is 30.4 Å². The minimum absolute atomic E-state index is 0.0185. The van der Waals surface area contributed by atoms with Gasteiger partial charge < -0.3 is 39.3 Å². The Labute approximate surface area is 327 Å². The quantitative estimate of drug-likeness (QED) is 0.0583. The topological polar surface area (TPSA) is 192 Å². The van der Waals surface area contributed by atoms with E-state index in [2.05, 4.69) is 23.1 Å². The lowest BCUT2D eigenvalue weighted by Crippen LogP contribution is -2.70. The first kappa shape index (κ1) is 42.2. The van der Waals surface area contributed by atoms with Crippen LogP contribution in [0, 0.1) is 27.9 Å². The summed E-state index contributed by atoms with van der Waals surface area (Å²) in [6.45, 7) is 8.50. The summed E-state index contributed by atoms with van der Waals surface area (Å²) in [5.74, 6) is -1.45. The van der Waals surface area contributed by atoms with Crippen molar-refractivity contribution in [3.63, 3.8) is 0 Å². The number of carbonyl (C=O) groups is 2. The monoisotopic (exact) mass is 778 g/mol. The number of hydrogen-bond donors (Lipinski definition) is 3. The van der Waals surface area contributed by atoms with Gasteiger partial charge in [0.05, 0.1) is 23.2 Å². The molecular formula is C41H54N4O11. The van der Waals surface area contributed by atoms with Crippen molar-refractivity contribution in [2.75, 3.05) is 40.0 Å². The van der Waals surface area contributed by atoms with Crippen LogP contribution in [0.5, 0.6) is 17.2 Å². The van der Waals surface area contributed by atoms with Crippen LogP contribution in [0.2, 0.25) is 0 Å². The highest BCUT2D eigenvalue weighted by molar-refractivity contribution is 6.03. The van der Waals surface area contributed by atoms with Crippen molar-refractivity contribution in [1.82, 2.24) is 10.2 Å². The fourth-order valence-electron chi connectivity index (χ4n) is 8.52. The van der Waals surface area contributed by atoms with Crippen molar-refractivity contribution in [3.8, 4) is 17.2 Å². The van der Waals surface area contributed by atoms with Crippen molar-refractivity contribution in [2.24, 2.45) is 22.9 Å². The van der Waals surface area contributed by atoms with Gasteiger partial charge in [-0.15, -0.1) is 6.58 Å². The number of ether oxygens (including phenoxy) is 4. The molecule has 5 rings (SSSR count). The van der Waals surface area contributed by atoms with Crippen LogP contribution in [0.3, 0.4) is 0 Å². The number of nitro groups is 1. The molecule has 0 bridgehead atoms. The number of unbranched alkanes of at least 4 members (excludes halogenated alkanes) is 2. The van der Waals surface area contributed by atoms with Crippen molar-refractivity contribution >= 4 is 23.6 Å². The van der Waals surface area contributed by atoms with Crippen molar-refractivity contribution in [1.29, 1.82) is 0 Å². The molecule has 3 N–H and O–H groups in total. The number of oxime groups is 1. The summed E-state index contributed by atoms with van der Waals surface area (Å²) in [5.41, 5.74) is 2.12. The van der Waals surface area contributed by atoms with Gasteiger partial charge in [0, 0.05) is 56.3 Å². The lowest BCUT2D eigenvalue weighted by Gasteiger charge is -2.59. The molecule has 2 aromatic carbocycles. The van der Waals surface area contributed by atoms with E-state index in [9.17, 15) is 29.9 Å². The van der Waals surface area contributed by atoms with Gasteiger partial charge in [-0.2, -0.15) is 0 Å². The van der Waals surface area contributed by atoms with Gasteiger partial charge >= 0.3 is 12.2 Å². The molecule has 3 aliphatic rings. The Kier molecular flexibility index (Phi) is 14.9. The number of nitrogens with zero attached hydrogens (tertiary/aromatic N) is 3. The molecular weight excluding hydrogens is 724 g/mol. The molecule has 1 aliphatic heterocycles. The van der Waals surface area contributed by atoms with E-state index in [1.807, 2.05) is 13.0 Å². The van der Waals surface area contributed by atoms with Crippen LogP contribution in [0.15, 0.2) is 71.9 Å². The normalized spacial score (nSPS) is 24.1. The Bertz CT molecular complexity index is 1750. The lowest BCUT2D eigenvalue weighted by atomic mass is 9.55. The fourth-order valence-corrected chi connectivity index (χ4v) is 8.52. The maximum atomic E-state index is 14.4. The zero-order valence-corrected chi connectivity index (χ0v) is 32.4. The highest BCUT2D eigenvalue weighted by Gasteiger charge is 2.65. The summed E-state index contributed by atoms with van der Waals surface area (Å²) in [7, 11) is 1.47. The first-order valence-electron chi connectivity index (χ1n) is 19.5. The van der Waals surface area contributed by atoms with Crippen molar-refractivity contribution in [3.05, 3.63) is 82.4 Å². The zero-order valence-electron chi connectivity index (χ0n) is 32.4. The SMILES string of the molecule is C=CCO[C@@]12Oc3ccc(OC(=O)NCC)cc3[C@H]3[C@H](CCCCO)[C@@H](CCCCO)C=C(C(=NOC)C[C@@H]1N(CCC)C(=O)Oc1ccc([N+](=O)[O-])cc1)[C@H]32. The molecule has 304 valence electrons. The largest absolute Gasteiger partial charge is 0.459 e. The predicted octanol–water partition coefficient (Wildman–Crippen LogP) is 6.88. The smallest absolute Gasteiger partial charge is 0.415 e. The summed E-state index contributed by atoms with van der Waals surface area (Å²) in [5, 5.41) is 38.1. The number of nitro benzene ring substituents is 1. The fraction of sp³-hybridized carbons (Fsp3) is 0.537. The molecule has 1 fully saturated rings. The van der Waals surface area contributed by atoms with Crippen LogP contribution in [-0.4, -0.2) is 89.8 Å². The molecule has 2 aromatic rings. The molecule has 0 radical (unpaired) electrons. The highest BCUT2D eigenvalue weighted by Crippen LogP contribution is 2.62. The number of nitrogens with one attached hydrogen (secondary N) is 1. The molecule has 56 heavy (non-hydrogen) atoms. The van der Waals surface area contributed by atoms with E-state index in [-0.39, 0.29) is 62.0 Å². The number of carbonyl (C=O) groups excluding carboxylic acids is 2. The highest BCUT2D eigenvalue weighted by atomic mass is 16.7. The van der Waals surface area contributed by atoms with Gasteiger partial charge in [-0.25, -0.2) is 9.59 Å². The van der Waals surface area contributed by atoms with Crippen LogP contribution in [0.25, 0.3) is 0 Å². The van der Waals surface area contributed by atoms with Gasteiger partial charge in [-0.1, -0.05) is 37.1 Å². The maximum Gasteiger partial charge on any atom is 0.415 e. The number of fused-ring (bicyclic) bond motifs is 2. The molecule has 15 heteroatoms. The van der Waals surface area contributed by atoms with E-state index in [0.29, 0.717) is 43.0 Å². The molecule has 0 aromatic heterocycles. The average molecular weight is 779 g/mol. The standard InChI is InChI=1S/C41H54N4O11/c1-5-20-44(40(49)55-29-16-14-28(15-17-29)45(50)51)36-26-34(43-52-4)32-24-27(12-8-10-21-46)31(13-9-11-22-47)37-33-25-30(54-39(48)42-7-3)18-19-35(33)56-41(36,38(32)37)53-23-6-2/h6,14-19,24-25,27,31,36-38,46-47H,2,5,7-13,20-23,26H2,1,3-4H3,(H,42,48)/t27-,31+,36-,37+,38+,41+/m0/s1. The predicted molar refractivity (Wildman–Crippen MR) is 208 cm³/mol. The first-order valence-corrected chi connectivity index (χ1v) is 19.5. The molecule has 6 atom stereocenters. The Morgan fingerprint density at radius 2 is 1.79 bits per heavy atom. The number of benzene rings is 2. The van der Waals surface area contributed by atoms with Crippen LogP contribution in [-0.2, 0) is 9.57 Å². The third kappa shape index (κ3) is 9.17. The molecule has 15 nitrogen and oxygen atoms in total. The number of non-ortho nitro benzene ring substituents is 1. The van der Waals surface area contributed by atoms with E-state index in [4.69, 9.17) is 23.8 Å². The first-order chi connectivity index (χ1) is 27.2. The summed E-state index contributed by atoms with van der Waals surface area (Å²) < 4.78 is 25.6. The van der Waals surface area contributed by atoms with Gasteiger partial charge in [0.25, 0.3) is 5.69 Å². The second-order valence-corrected chi connectivity index (χ2v) is 14.2. The third-order valence-corrected chi connectivity index (χ3v) is 10.7. The number of allylic oxidation sites excluding steroid dienone is 1. The summed E-state index contributed by atoms with van der Waals surface area (Å²) in [4.78, 5) is 44.8. The van der Waals surface area contributed by atoms with Crippen LogP contribution in [0.1, 0.15) is 76.7 Å². The summed E-state index contributed by atoms with van der Waals surface area (Å²) in [6.07, 6.45) is 7.54. The molecule has 0 saturated heterocycles. The minimum atomic E-state index is -1.51. The molecule has 2 aliphatic carbocycles. The van der Waals surface area contributed by atoms with Gasteiger partial charge in [0.2, 0.25) is 5.79 Å². The zero-order chi connectivity index (χ0) is 40.2. The average Bonchev–Trinajstić information content (AvgIpc) is 3.18. The van der Waals surface area contributed by atoms with Gasteiger partial charge in [-0.05, 0) is 86.8 Å². The Morgan fingerprint density at radius 3 is 2.43 bits per heavy atom. The Hall–Kier alpha value is -4.99. The number of hydrogen-bond acceptors (Lipinski definition) is 12. The van der Waals surface area contributed by atoms with E-state index >= 15 is 0 Å². The summed E-state index contributed by atoms with van der Waals surface area (Å²) in [6, 6.07) is 9.74. The van der Waals surface area contributed by atoms with Crippen LogP contribution >= 0.6 is 0 Å². The second-order valence-electron chi connectivity index (χ2n) is 14.2. The molecule has 0 unspecified atom stereocenters. The number of aliphatic hydroxyl groups is 2. The maximum absolute atomic E-state index is 14.4. The molecule has 2 amide bonds. The van der Waals surface area contributed by atoms with Crippen molar-refractivity contribution in [2.45, 2.75) is 83.0 Å². The molecule has 0 spiro atoms. The van der Waals surface area contributed by atoms with E-state index in [0.717, 1.165) is 36.8 Å². The number of rotatable bonds is 19. The molecule has 1 saturated carbocycles.